The van der Waals surface area contributed by atoms with Crippen molar-refractivity contribution >= 4 is 29.9 Å². The maximum absolute atomic E-state index is 5.89. The zero-order valence-electron chi connectivity index (χ0n) is 16.6. The van der Waals surface area contributed by atoms with E-state index < -0.39 is 0 Å². The molecule has 28 heavy (non-hydrogen) atoms. The summed E-state index contributed by atoms with van der Waals surface area (Å²) in [6.07, 6.45) is 2.50. The van der Waals surface area contributed by atoms with Gasteiger partial charge in [-0.15, -0.1) is 24.0 Å². The third-order valence-corrected chi connectivity index (χ3v) is 3.74. The van der Waals surface area contributed by atoms with Crippen LogP contribution in [-0.4, -0.2) is 45.9 Å². The Hall–Kier alpha value is -1.94. The van der Waals surface area contributed by atoms with Gasteiger partial charge < -0.3 is 29.3 Å². The van der Waals surface area contributed by atoms with Crippen LogP contribution >= 0.6 is 24.0 Å². The quantitative estimate of drug-likeness (QED) is 0.212. The van der Waals surface area contributed by atoms with Crippen LogP contribution in [0.25, 0.3) is 0 Å². The summed E-state index contributed by atoms with van der Waals surface area (Å²) < 4.78 is 21.9. The van der Waals surface area contributed by atoms with Crippen molar-refractivity contribution in [3.63, 3.8) is 0 Å². The van der Waals surface area contributed by atoms with Crippen LogP contribution in [0.1, 0.15) is 19.1 Å². The largest absolute Gasteiger partial charge is 0.497 e. The van der Waals surface area contributed by atoms with Gasteiger partial charge in [-0.05, 0) is 37.6 Å². The number of nitrogens with one attached hydrogen (secondary N) is 2. The van der Waals surface area contributed by atoms with Gasteiger partial charge in [0.05, 0.1) is 19.9 Å². The molecular weight excluding hydrogens is 473 g/mol. The average Bonchev–Trinajstić information content (AvgIpc) is 3.20. The lowest BCUT2D eigenvalue weighted by Gasteiger charge is -2.18. The first-order valence-electron chi connectivity index (χ1n) is 9.06. The van der Waals surface area contributed by atoms with Crippen molar-refractivity contribution in [2.75, 3.05) is 33.9 Å². The number of aliphatic imine (C=N–C) groups is 1. The summed E-state index contributed by atoms with van der Waals surface area (Å²) in [5.41, 5.74) is 0. The van der Waals surface area contributed by atoms with Crippen molar-refractivity contribution in [2.24, 2.45) is 4.99 Å². The second-order valence-corrected chi connectivity index (χ2v) is 5.97. The minimum Gasteiger partial charge on any atom is -0.497 e. The fourth-order valence-electron chi connectivity index (χ4n) is 2.36. The van der Waals surface area contributed by atoms with Crippen molar-refractivity contribution in [3.05, 3.63) is 48.4 Å². The van der Waals surface area contributed by atoms with E-state index in [1.54, 1.807) is 20.4 Å². The number of furan rings is 1. The van der Waals surface area contributed by atoms with E-state index in [0.717, 1.165) is 36.2 Å². The molecule has 0 bridgehead atoms. The molecule has 2 aromatic rings. The van der Waals surface area contributed by atoms with Gasteiger partial charge in [-0.3, -0.25) is 4.99 Å². The zero-order valence-corrected chi connectivity index (χ0v) is 19.0. The van der Waals surface area contributed by atoms with Gasteiger partial charge in [-0.25, -0.2) is 0 Å². The highest BCUT2D eigenvalue weighted by atomic mass is 127. The number of hydrogen-bond donors (Lipinski definition) is 2. The lowest BCUT2D eigenvalue weighted by atomic mass is 10.3. The van der Waals surface area contributed by atoms with Crippen LogP contribution in [-0.2, 0) is 11.3 Å². The van der Waals surface area contributed by atoms with Crippen LogP contribution in [0.4, 0.5) is 0 Å². The van der Waals surface area contributed by atoms with Gasteiger partial charge in [0.1, 0.15) is 30.0 Å². The summed E-state index contributed by atoms with van der Waals surface area (Å²) >= 11 is 0. The van der Waals surface area contributed by atoms with E-state index in [1.165, 1.54) is 0 Å². The molecule has 0 radical (unpaired) electrons. The molecule has 0 aliphatic carbocycles. The summed E-state index contributed by atoms with van der Waals surface area (Å²) in [4.78, 5) is 4.22. The highest BCUT2D eigenvalue weighted by molar-refractivity contribution is 14.0. The summed E-state index contributed by atoms with van der Waals surface area (Å²) in [5, 5.41) is 6.52. The fourth-order valence-corrected chi connectivity index (χ4v) is 2.36. The first kappa shape index (κ1) is 24.1. The van der Waals surface area contributed by atoms with E-state index in [1.807, 2.05) is 43.3 Å². The molecule has 0 saturated heterocycles. The first-order valence-corrected chi connectivity index (χ1v) is 9.06. The molecule has 0 aliphatic rings. The second kappa shape index (κ2) is 14.1. The minimum absolute atomic E-state index is 0. The zero-order chi connectivity index (χ0) is 19.3. The van der Waals surface area contributed by atoms with E-state index in [9.17, 15) is 0 Å². The topological polar surface area (TPSA) is 77.3 Å². The van der Waals surface area contributed by atoms with Crippen LogP contribution in [0.15, 0.2) is 52.1 Å². The Morgan fingerprint density at radius 3 is 2.71 bits per heavy atom. The van der Waals surface area contributed by atoms with Crippen molar-refractivity contribution < 1.29 is 18.6 Å². The third kappa shape index (κ3) is 9.32. The maximum atomic E-state index is 5.89. The molecule has 1 atom stereocenters. The number of nitrogens with zero attached hydrogens (tertiary/aromatic N) is 1. The lowest BCUT2D eigenvalue weighted by molar-refractivity contribution is 0.105. The fraction of sp³-hybridized carbons (Fsp3) is 0.450. The average molecular weight is 503 g/mol. The molecule has 1 unspecified atom stereocenters. The lowest BCUT2D eigenvalue weighted by Crippen LogP contribution is -2.42. The third-order valence-electron chi connectivity index (χ3n) is 3.74. The van der Waals surface area contributed by atoms with E-state index in [2.05, 4.69) is 15.6 Å². The van der Waals surface area contributed by atoms with Crippen LogP contribution in [0.3, 0.4) is 0 Å². The number of guanidine groups is 1. The number of rotatable bonds is 11. The molecule has 0 spiro atoms. The normalized spacial score (nSPS) is 12.0. The first-order chi connectivity index (χ1) is 13.2. The van der Waals surface area contributed by atoms with Gasteiger partial charge in [-0.1, -0.05) is 6.07 Å². The molecule has 1 heterocycles. The Bertz CT molecular complexity index is 680. The number of ether oxygens (including phenoxy) is 3. The Morgan fingerprint density at radius 2 is 2.00 bits per heavy atom. The van der Waals surface area contributed by atoms with Gasteiger partial charge in [0.25, 0.3) is 0 Å². The van der Waals surface area contributed by atoms with Gasteiger partial charge in [-0.2, -0.15) is 0 Å². The Morgan fingerprint density at radius 1 is 1.18 bits per heavy atom. The molecule has 2 N–H and O–H groups in total. The van der Waals surface area contributed by atoms with Gasteiger partial charge >= 0.3 is 0 Å². The van der Waals surface area contributed by atoms with E-state index in [0.29, 0.717) is 19.8 Å². The minimum atomic E-state index is -0.0210. The summed E-state index contributed by atoms with van der Waals surface area (Å²) in [6.45, 7) is 4.55. The Kier molecular flexibility index (Phi) is 12.1. The van der Waals surface area contributed by atoms with Gasteiger partial charge in [0.15, 0.2) is 5.96 Å². The van der Waals surface area contributed by atoms with Crippen molar-refractivity contribution in [1.29, 1.82) is 0 Å². The number of halogens is 1. The van der Waals surface area contributed by atoms with E-state index in [4.69, 9.17) is 18.6 Å². The molecule has 0 fully saturated rings. The highest BCUT2D eigenvalue weighted by Crippen LogP contribution is 2.19. The highest BCUT2D eigenvalue weighted by Gasteiger charge is 2.06. The summed E-state index contributed by atoms with van der Waals surface area (Å²) in [7, 11) is 3.39. The van der Waals surface area contributed by atoms with Crippen molar-refractivity contribution in [3.8, 4) is 11.5 Å². The van der Waals surface area contributed by atoms with Crippen LogP contribution in [0.5, 0.6) is 11.5 Å². The molecule has 8 heteroatoms. The maximum Gasteiger partial charge on any atom is 0.191 e. The van der Waals surface area contributed by atoms with Crippen molar-refractivity contribution in [2.45, 2.75) is 26.1 Å². The molecule has 0 saturated carbocycles. The van der Waals surface area contributed by atoms with Gasteiger partial charge in [0.2, 0.25) is 0 Å². The summed E-state index contributed by atoms with van der Waals surface area (Å²) in [6, 6.07) is 11.3. The SMILES string of the molecule is CN=C(NCCCOCc1ccco1)NCC(C)Oc1cccc(OC)c1.I. The van der Waals surface area contributed by atoms with Crippen LogP contribution in [0.2, 0.25) is 0 Å². The number of benzene rings is 1. The smallest absolute Gasteiger partial charge is 0.191 e. The molecule has 7 nitrogen and oxygen atoms in total. The molecule has 1 aromatic carbocycles. The molecule has 156 valence electrons. The molecule has 1 aromatic heterocycles. The predicted octanol–water partition coefficient (Wildman–Crippen LogP) is 3.45. The van der Waals surface area contributed by atoms with E-state index in [-0.39, 0.29) is 30.1 Å². The van der Waals surface area contributed by atoms with Crippen LogP contribution in [0, 0.1) is 0 Å². The predicted molar refractivity (Wildman–Crippen MR) is 121 cm³/mol. The molecule has 2 rings (SSSR count). The van der Waals surface area contributed by atoms with Gasteiger partial charge in [0, 0.05) is 26.3 Å². The molecule has 0 amide bonds. The monoisotopic (exact) mass is 503 g/mol. The van der Waals surface area contributed by atoms with E-state index >= 15 is 0 Å². The second-order valence-electron chi connectivity index (χ2n) is 5.97. The summed E-state index contributed by atoms with van der Waals surface area (Å²) in [5.74, 6) is 3.13. The standard InChI is InChI=1S/C20H29N3O4.HI/c1-16(27-18-8-4-7-17(13-18)24-3)14-23-20(21-2)22-10-6-11-25-15-19-9-5-12-26-19;/h4-5,7-9,12-13,16H,6,10-11,14-15H2,1-3H3,(H2,21,22,23);1H. The Labute approximate surface area is 183 Å². The van der Waals surface area contributed by atoms with Crippen molar-refractivity contribution in [1.82, 2.24) is 10.6 Å². The van der Waals surface area contributed by atoms with Crippen LogP contribution < -0.4 is 20.1 Å². The number of methoxy groups -OCH3 is 1. The Balaban J connectivity index is 0.00000392. The molecule has 0 aliphatic heterocycles. The number of hydrogen-bond acceptors (Lipinski definition) is 5. The molecular formula is C20H30IN3O4.